The molecule has 1 aromatic carbocycles. The molecule has 0 bridgehead atoms. The molecule has 0 saturated heterocycles. The van der Waals surface area contributed by atoms with Gasteiger partial charge < -0.3 is 9.47 Å². The molecule has 28 heavy (non-hydrogen) atoms. The van der Waals surface area contributed by atoms with Gasteiger partial charge in [-0.2, -0.15) is 0 Å². The van der Waals surface area contributed by atoms with Crippen molar-refractivity contribution >= 4 is 46.0 Å². The Morgan fingerprint density at radius 3 is 1.89 bits per heavy atom. The summed E-state index contributed by atoms with van der Waals surface area (Å²) in [5.74, 6) is -6.99. The van der Waals surface area contributed by atoms with Crippen LogP contribution in [0.5, 0.6) is 0 Å². The molecular weight excluding hydrogens is 386 g/mol. The number of carbonyl (C=O) groups is 4. The van der Waals surface area contributed by atoms with E-state index in [1.165, 1.54) is 13.8 Å². The number of aromatic nitrogens is 1. The number of hydrogen-bond acceptors (Lipinski definition) is 7. The Morgan fingerprint density at radius 1 is 0.929 bits per heavy atom. The zero-order chi connectivity index (χ0) is 21.0. The number of halogens is 1. The minimum absolute atomic E-state index is 0.0194. The molecular formula is C20H20ClNO6. The van der Waals surface area contributed by atoms with Crippen LogP contribution in [0.1, 0.15) is 25.3 Å². The fourth-order valence-corrected chi connectivity index (χ4v) is 3.55. The molecule has 1 aromatic heterocycles. The van der Waals surface area contributed by atoms with Gasteiger partial charge in [0.15, 0.2) is 0 Å². The highest BCUT2D eigenvalue weighted by Crippen LogP contribution is 2.39. The Hall–Kier alpha value is -2.80. The molecule has 0 spiro atoms. The van der Waals surface area contributed by atoms with Gasteiger partial charge >= 0.3 is 11.9 Å². The maximum absolute atomic E-state index is 12.4. The minimum atomic E-state index is -1.43. The monoisotopic (exact) mass is 405 g/mol. The Labute approximate surface area is 167 Å². The van der Waals surface area contributed by atoms with Crippen LogP contribution >= 0.6 is 11.6 Å². The van der Waals surface area contributed by atoms with Crippen molar-refractivity contribution in [3.63, 3.8) is 0 Å². The highest BCUT2D eigenvalue weighted by atomic mass is 35.5. The van der Waals surface area contributed by atoms with E-state index in [2.05, 4.69) is 4.98 Å². The van der Waals surface area contributed by atoms with Crippen LogP contribution in [-0.4, -0.2) is 42.7 Å². The van der Waals surface area contributed by atoms with E-state index in [0.29, 0.717) is 10.9 Å². The number of rotatable bonds is 7. The van der Waals surface area contributed by atoms with E-state index < -0.39 is 41.3 Å². The molecule has 7 nitrogen and oxygen atoms in total. The highest BCUT2D eigenvalue weighted by molar-refractivity contribution is 6.30. The number of pyridine rings is 1. The van der Waals surface area contributed by atoms with Crippen LogP contribution in [0.25, 0.3) is 10.9 Å². The standard InChI is InChI=1S/C20H20ClNO6/c1-10(23)15(19(25)27-3)17(16(11(2)24)20(26)28-4)13-9-12-7-5-6-8-14(12)22-18(13)21/h5-9,15-17H,1-4H3. The summed E-state index contributed by atoms with van der Waals surface area (Å²) < 4.78 is 9.52. The third-order valence-corrected chi connectivity index (χ3v) is 4.87. The fourth-order valence-electron chi connectivity index (χ4n) is 3.28. The van der Waals surface area contributed by atoms with E-state index in [-0.39, 0.29) is 10.7 Å². The molecule has 0 aliphatic carbocycles. The number of ether oxygens (including phenoxy) is 2. The lowest BCUT2D eigenvalue weighted by atomic mass is 9.73. The van der Waals surface area contributed by atoms with Crippen LogP contribution in [0.3, 0.4) is 0 Å². The number of nitrogens with zero attached hydrogens (tertiary/aromatic N) is 1. The summed E-state index contributed by atoms with van der Waals surface area (Å²) in [6.07, 6.45) is 0. The molecule has 0 aliphatic heterocycles. The van der Waals surface area contributed by atoms with E-state index >= 15 is 0 Å². The maximum atomic E-state index is 12.4. The second-order valence-corrected chi connectivity index (χ2v) is 6.67. The van der Waals surface area contributed by atoms with Gasteiger partial charge in [-0.15, -0.1) is 0 Å². The van der Waals surface area contributed by atoms with Gasteiger partial charge in [0.1, 0.15) is 28.6 Å². The predicted octanol–water partition coefficient (Wildman–Crippen LogP) is 2.73. The zero-order valence-electron chi connectivity index (χ0n) is 15.9. The Kier molecular flexibility index (Phi) is 6.85. The van der Waals surface area contributed by atoms with Gasteiger partial charge in [0, 0.05) is 11.3 Å². The van der Waals surface area contributed by atoms with Crippen molar-refractivity contribution in [1.29, 1.82) is 0 Å². The summed E-state index contributed by atoms with van der Waals surface area (Å²) in [6.45, 7) is 2.37. The number of esters is 2. The molecule has 0 fully saturated rings. The van der Waals surface area contributed by atoms with Crippen molar-refractivity contribution in [2.24, 2.45) is 11.8 Å². The number of fused-ring (bicyclic) bond motifs is 1. The van der Waals surface area contributed by atoms with Crippen molar-refractivity contribution in [2.45, 2.75) is 19.8 Å². The normalized spacial score (nSPS) is 14.0. The van der Waals surface area contributed by atoms with Crippen LogP contribution < -0.4 is 0 Å². The quantitative estimate of drug-likeness (QED) is 0.396. The number of methoxy groups -OCH3 is 2. The Morgan fingerprint density at radius 2 is 1.43 bits per heavy atom. The average molecular weight is 406 g/mol. The number of para-hydroxylation sites is 1. The summed E-state index contributed by atoms with van der Waals surface area (Å²) in [5, 5.41) is 0.653. The minimum Gasteiger partial charge on any atom is -0.468 e. The van der Waals surface area contributed by atoms with Crippen LogP contribution in [0, 0.1) is 11.8 Å². The first-order chi connectivity index (χ1) is 13.2. The van der Waals surface area contributed by atoms with E-state index in [1.807, 2.05) is 0 Å². The molecule has 0 amide bonds. The Balaban J connectivity index is 2.82. The highest BCUT2D eigenvalue weighted by Gasteiger charge is 2.46. The molecule has 0 N–H and O–H groups in total. The largest absolute Gasteiger partial charge is 0.468 e. The van der Waals surface area contributed by atoms with Gasteiger partial charge in [-0.05, 0) is 31.5 Å². The van der Waals surface area contributed by atoms with Gasteiger partial charge in [-0.1, -0.05) is 29.8 Å². The molecule has 0 saturated carbocycles. The smallest absolute Gasteiger partial charge is 0.316 e. The van der Waals surface area contributed by atoms with E-state index in [0.717, 1.165) is 14.2 Å². The number of benzene rings is 1. The molecule has 148 valence electrons. The lowest BCUT2D eigenvalue weighted by Gasteiger charge is -2.29. The van der Waals surface area contributed by atoms with Crippen LogP contribution in [-0.2, 0) is 28.7 Å². The van der Waals surface area contributed by atoms with Crippen LogP contribution in [0.15, 0.2) is 30.3 Å². The fraction of sp³-hybridized carbons (Fsp3) is 0.350. The van der Waals surface area contributed by atoms with Crippen molar-refractivity contribution in [1.82, 2.24) is 4.98 Å². The summed E-state index contributed by atoms with van der Waals surface area (Å²) in [7, 11) is 2.24. The van der Waals surface area contributed by atoms with Gasteiger partial charge in [0.2, 0.25) is 0 Å². The second kappa shape index (κ2) is 8.93. The summed E-state index contributed by atoms with van der Waals surface area (Å²) >= 11 is 6.35. The summed E-state index contributed by atoms with van der Waals surface area (Å²) in [5.41, 5.74) is 0.807. The van der Waals surface area contributed by atoms with E-state index in [1.54, 1.807) is 30.3 Å². The maximum Gasteiger partial charge on any atom is 0.316 e. The number of hydrogen-bond donors (Lipinski definition) is 0. The van der Waals surface area contributed by atoms with Crippen molar-refractivity contribution < 1.29 is 28.7 Å². The predicted molar refractivity (Wildman–Crippen MR) is 102 cm³/mol. The van der Waals surface area contributed by atoms with Crippen LogP contribution in [0.2, 0.25) is 5.15 Å². The van der Waals surface area contributed by atoms with E-state index in [4.69, 9.17) is 21.1 Å². The number of ketones is 2. The molecule has 2 aromatic rings. The van der Waals surface area contributed by atoms with Crippen molar-refractivity contribution in [3.05, 3.63) is 41.0 Å². The SMILES string of the molecule is COC(=O)C(C(C)=O)C(c1cc2ccccc2nc1Cl)C(C(C)=O)C(=O)OC. The lowest BCUT2D eigenvalue weighted by Crippen LogP contribution is -2.40. The van der Waals surface area contributed by atoms with Gasteiger partial charge in [-0.25, -0.2) is 4.98 Å². The molecule has 8 heteroatoms. The third-order valence-electron chi connectivity index (χ3n) is 4.57. The van der Waals surface area contributed by atoms with Crippen molar-refractivity contribution in [3.8, 4) is 0 Å². The molecule has 0 radical (unpaired) electrons. The second-order valence-electron chi connectivity index (χ2n) is 6.31. The summed E-state index contributed by atoms with van der Waals surface area (Å²) in [4.78, 5) is 53.8. The molecule has 1 heterocycles. The van der Waals surface area contributed by atoms with Crippen LogP contribution in [0.4, 0.5) is 0 Å². The zero-order valence-corrected chi connectivity index (χ0v) is 16.6. The van der Waals surface area contributed by atoms with E-state index in [9.17, 15) is 19.2 Å². The molecule has 2 rings (SSSR count). The van der Waals surface area contributed by atoms with Gasteiger partial charge in [0.05, 0.1) is 19.7 Å². The topological polar surface area (TPSA) is 99.6 Å². The summed E-state index contributed by atoms with van der Waals surface area (Å²) in [6, 6.07) is 8.68. The van der Waals surface area contributed by atoms with Gasteiger partial charge in [0.25, 0.3) is 0 Å². The first kappa shape index (κ1) is 21.5. The average Bonchev–Trinajstić information content (AvgIpc) is 2.65. The van der Waals surface area contributed by atoms with Gasteiger partial charge in [-0.3, -0.25) is 19.2 Å². The first-order valence-corrected chi connectivity index (χ1v) is 8.82. The molecule has 2 atom stereocenters. The Bertz CT molecular complexity index is 907. The molecule has 0 aliphatic rings. The number of carbonyl (C=O) groups excluding carboxylic acids is 4. The van der Waals surface area contributed by atoms with Crippen molar-refractivity contribution in [2.75, 3.05) is 14.2 Å². The first-order valence-electron chi connectivity index (χ1n) is 8.44. The molecule has 2 unspecified atom stereocenters. The lowest BCUT2D eigenvalue weighted by molar-refractivity contribution is -0.154. The number of Topliss-reactive ketones (excluding diaryl/α,β-unsaturated/α-hetero) is 2. The third kappa shape index (κ3) is 4.20.